The number of hydrogen-bond acceptors (Lipinski definition) is 5. The van der Waals surface area contributed by atoms with E-state index in [1.54, 1.807) is 0 Å². The molecule has 0 aromatic rings. The van der Waals surface area contributed by atoms with E-state index >= 15 is 0 Å². The zero-order valence-electron chi connectivity index (χ0n) is 9.89. The molecule has 1 aliphatic carbocycles. The first-order valence-electron chi connectivity index (χ1n) is 5.98. The standard InChI is InChI=1S/C11H15N3O3S/c15-9(16)6-8-10(17)12-11(18-8)14-13-7-4-2-1-3-5-7/h8H,1-6H2,(H,15,16)(H,12,14,17)/t8-/m0/s1. The van der Waals surface area contributed by atoms with Crippen molar-refractivity contribution in [3.8, 4) is 0 Å². The number of rotatable bonds is 3. The number of carbonyl (C=O) groups is 2. The Balaban J connectivity index is 1.94. The predicted molar refractivity (Wildman–Crippen MR) is 69.7 cm³/mol. The van der Waals surface area contributed by atoms with Crippen LogP contribution in [0.25, 0.3) is 0 Å². The van der Waals surface area contributed by atoms with Crippen LogP contribution in [0.4, 0.5) is 0 Å². The van der Waals surface area contributed by atoms with Crippen molar-refractivity contribution in [1.82, 2.24) is 5.32 Å². The minimum atomic E-state index is -0.984. The van der Waals surface area contributed by atoms with Gasteiger partial charge in [-0.1, -0.05) is 18.2 Å². The highest BCUT2D eigenvalue weighted by Crippen LogP contribution is 2.22. The van der Waals surface area contributed by atoms with Crippen molar-refractivity contribution >= 4 is 34.5 Å². The first-order chi connectivity index (χ1) is 8.65. The molecule has 1 saturated heterocycles. The molecule has 1 aliphatic heterocycles. The van der Waals surface area contributed by atoms with Gasteiger partial charge in [0.2, 0.25) is 5.91 Å². The van der Waals surface area contributed by atoms with Crippen molar-refractivity contribution < 1.29 is 14.7 Å². The fourth-order valence-electron chi connectivity index (χ4n) is 1.92. The molecule has 0 radical (unpaired) electrons. The van der Waals surface area contributed by atoms with Gasteiger partial charge >= 0.3 is 5.97 Å². The Hall–Kier alpha value is -1.37. The Bertz CT molecular complexity index is 412. The summed E-state index contributed by atoms with van der Waals surface area (Å²) < 4.78 is 0. The van der Waals surface area contributed by atoms with Gasteiger partial charge in [-0.2, -0.15) is 5.10 Å². The van der Waals surface area contributed by atoms with Crippen LogP contribution in [0.3, 0.4) is 0 Å². The predicted octanol–water partition coefficient (Wildman–Crippen LogP) is 1.37. The van der Waals surface area contributed by atoms with Crippen LogP contribution in [-0.2, 0) is 9.59 Å². The molecule has 2 rings (SSSR count). The van der Waals surface area contributed by atoms with E-state index in [4.69, 9.17) is 5.11 Å². The van der Waals surface area contributed by atoms with Crippen molar-refractivity contribution in [2.75, 3.05) is 0 Å². The van der Waals surface area contributed by atoms with Crippen LogP contribution in [0.5, 0.6) is 0 Å². The zero-order valence-corrected chi connectivity index (χ0v) is 10.7. The van der Waals surface area contributed by atoms with Gasteiger partial charge in [0.15, 0.2) is 5.17 Å². The van der Waals surface area contributed by atoms with Gasteiger partial charge in [-0.15, -0.1) is 5.10 Å². The second-order valence-electron chi connectivity index (χ2n) is 4.33. The lowest BCUT2D eigenvalue weighted by Crippen LogP contribution is -2.26. The summed E-state index contributed by atoms with van der Waals surface area (Å²) >= 11 is 1.14. The molecule has 2 fully saturated rings. The summed E-state index contributed by atoms with van der Waals surface area (Å²) in [5.74, 6) is -1.28. The third-order valence-corrected chi connectivity index (χ3v) is 3.92. The molecule has 6 nitrogen and oxygen atoms in total. The maximum absolute atomic E-state index is 11.4. The fraction of sp³-hybridized carbons (Fsp3) is 0.636. The van der Waals surface area contributed by atoms with E-state index in [0.29, 0.717) is 5.17 Å². The average molecular weight is 269 g/mol. The van der Waals surface area contributed by atoms with E-state index in [2.05, 4.69) is 15.5 Å². The molecule has 18 heavy (non-hydrogen) atoms. The third kappa shape index (κ3) is 3.56. The molecule has 1 amide bonds. The summed E-state index contributed by atoms with van der Waals surface area (Å²) in [7, 11) is 0. The molecule has 98 valence electrons. The van der Waals surface area contributed by atoms with Crippen LogP contribution in [0.2, 0.25) is 0 Å². The van der Waals surface area contributed by atoms with Gasteiger partial charge in [-0.05, 0) is 25.7 Å². The zero-order chi connectivity index (χ0) is 13.0. The van der Waals surface area contributed by atoms with Gasteiger partial charge in [-0.3, -0.25) is 9.59 Å². The number of nitrogens with zero attached hydrogens (tertiary/aromatic N) is 2. The molecular weight excluding hydrogens is 254 g/mol. The number of nitrogens with one attached hydrogen (secondary N) is 1. The summed E-state index contributed by atoms with van der Waals surface area (Å²) in [6.07, 6.45) is 5.27. The van der Waals surface area contributed by atoms with Gasteiger partial charge < -0.3 is 10.4 Å². The summed E-state index contributed by atoms with van der Waals surface area (Å²) in [5, 5.41) is 19.2. The van der Waals surface area contributed by atoms with Crippen molar-refractivity contribution in [2.24, 2.45) is 10.2 Å². The maximum atomic E-state index is 11.4. The smallest absolute Gasteiger partial charge is 0.305 e. The van der Waals surface area contributed by atoms with Crippen LogP contribution in [0.15, 0.2) is 10.2 Å². The summed E-state index contributed by atoms with van der Waals surface area (Å²) in [6, 6.07) is 0. The van der Waals surface area contributed by atoms with Crippen molar-refractivity contribution in [2.45, 2.75) is 43.8 Å². The van der Waals surface area contributed by atoms with Crippen molar-refractivity contribution in [3.05, 3.63) is 0 Å². The highest BCUT2D eigenvalue weighted by Gasteiger charge is 2.32. The normalized spacial score (nSPS) is 26.2. The van der Waals surface area contributed by atoms with Crippen molar-refractivity contribution in [1.29, 1.82) is 0 Å². The Labute approximate surface area is 109 Å². The molecule has 0 aromatic carbocycles. The fourth-order valence-corrected chi connectivity index (χ4v) is 2.83. The molecule has 0 spiro atoms. The number of amidine groups is 1. The molecular formula is C11H15N3O3S. The van der Waals surface area contributed by atoms with Crippen LogP contribution in [-0.4, -0.2) is 33.1 Å². The molecule has 1 saturated carbocycles. The first-order valence-corrected chi connectivity index (χ1v) is 6.86. The van der Waals surface area contributed by atoms with E-state index in [9.17, 15) is 9.59 Å². The number of carboxylic acids is 1. The summed E-state index contributed by atoms with van der Waals surface area (Å²) in [5.41, 5.74) is 1.06. The molecule has 7 heteroatoms. The van der Waals surface area contributed by atoms with Crippen LogP contribution in [0, 0.1) is 0 Å². The van der Waals surface area contributed by atoms with Gasteiger partial charge in [0.25, 0.3) is 0 Å². The number of aliphatic carboxylic acids is 1. The average Bonchev–Trinajstić information content (AvgIpc) is 2.68. The quantitative estimate of drug-likeness (QED) is 0.757. The van der Waals surface area contributed by atoms with Crippen LogP contribution >= 0.6 is 11.8 Å². The Morgan fingerprint density at radius 2 is 2.06 bits per heavy atom. The Morgan fingerprint density at radius 3 is 2.72 bits per heavy atom. The molecule has 0 bridgehead atoms. The number of hydrogen-bond donors (Lipinski definition) is 2. The first kappa shape index (κ1) is 13.1. The maximum Gasteiger partial charge on any atom is 0.305 e. The molecule has 1 atom stereocenters. The van der Waals surface area contributed by atoms with Gasteiger partial charge in [-0.25, -0.2) is 0 Å². The summed E-state index contributed by atoms with van der Waals surface area (Å²) in [4.78, 5) is 22.0. The Kier molecular flexibility index (Phi) is 4.35. The van der Waals surface area contributed by atoms with E-state index in [0.717, 1.165) is 43.2 Å². The van der Waals surface area contributed by atoms with E-state index < -0.39 is 11.2 Å². The lowest BCUT2D eigenvalue weighted by Gasteiger charge is -2.10. The topological polar surface area (TPSA) is 91.1 Å². The Morgan fingerprint density at radius 1 is 1.33 bits per heavy atom. The molecule has 2 N–H and O–H groups in total. The molecule has 0 unspecified atom stereocenters. The minimum absolute atomic E-state index is 0.188. The van der Waals surface area contributed by atoms with Gasteiger partial charge in [0, 0.05) is 5.71 Å². The second kappa shape index (κ2) is 5.99. The van der Waals surface area contributed by atoms with Gasteiger partial charge in [0.1, 0.15) is 5.25 Å². The van der Waals surface area contributed by atoms with Gasteiger partial charge in [0.05, 0.1) is 6.42 Å². The largest absolute Gasteiger partial charge is 0.481 e. The monoisotopic (exact) mass is 269 g/mol. The lowest BCUT2D eigenvalue weighted by atomic mass is 9.99. The highest BCUT2D eigenvalue weighted by atomic mass is 32.2. The van der Waals surface area contributed by atoms with E-state index in [1.807, 2.05) is 0 Å². The molecule has 1 heterocycles. The van der Waals surface area contributed by atoms with Crippen molar-refractivity contribution in [3.63, 3.8) is 0 Å². The summed E-state index contributed by atoms with van der Waals surface area (Å²) in [6.45, 7) is 0. The number of amides is 1. The van der Waals surface area contributed by atoms with Crippen LogP contribution < -0.4 is 5.32 Å². The number of thioether (sulfide) groups is 1. The molecule has 0 aromatic heterocycles. The minimum Gasteiger partial charge on any atom is -0.481 e. The highest BCUT2D eigenvalue weighted by molar-refractivity contribution is 8.15. The number of carbonyl (C=O) groups excluding carboxylic acids is 1. The van der Waals surface area contributed by atoms with E-state index in [1.165, 1.54) is 6.42 Å². The van der Waals surface area contributed by atoms with Crippen LogP contribution in [0.1, 0.15) is 38.5 Å². The second-order valence-corrected chi connectivity index (χ2v) is 5.52. The lowest BCUT2D eigenvalue weighted by molar-refractivity contribution is -0.138. The third-order valence-electron chi connectivity index (χ3n) is 2.85. The van der Waals surface area contributed by atoms with E-state index in [-0.39, 0.29) is 12.3 Å². The SMILES string of the molecule is O=C(O)C[C@@H]1S/C(=N\N=C2CCCCC2)NC1=O. The molecule has 2 aliphatic rings. The number of carboxylic acid groups (broad SMARTS) is 1.